The standard InChI is InChI=1S/C17H27FN4O/c1-3-19-17(20-9-14-23-4-2)22-12-10-21(11-13-22)16-8-6-5-7-15(16)18/h5-8H,3-4,9-14H2,1-2H3,(H,19,20). The Labute approximate surface area is 138 Å². The van der Waals surface area contributed by atoms with Gasteiger partial charge in [0.25, 0.3) is 0 Å². The second-order valence-corrected chi connectivity index (χ2v) is 5.36. The number of ether oxygens (including phenoxy) is 1. The minimum absolute atomic E-state index is 0.154. The van der Waals surface area contributed by atoms with E-state index in [4.69, 9.17) is 4.74 Å². The summed E-state index contributed by atoms with van der Waals surface area (Å²) in [6, 6.07) is 6.96. The molecule has 6 heteroatoms. The number of para-hydroxylation sites is 1. The van der Waals surface area contributed by atoms with Crippen LogP contribution in [0.3, 0.4) is 0 Å². The maximum atomic E-state index is 13.9. The molecule has 0 unspecified atom stereocenters. The fourth-order valence-corrected chi connectivity index (χ4v) is 2.65. The lowest BCUT2D eigenvalue weighted by Crippen LogP contribution is -2.52. The number of nitrogens with one attached hydrogen (secondary N) is 1. The number of aliphatic imine (C=N–C) groups is 1. The molecule has 0 aromatic heterocycles. The van der Waals surface area contributed by atoms with E-state index in [1.807, 2.05) is 19.1 Å². The van der Waals surface area contributed by atoms with Crippen molar-refractivity contribution in [2.24, 2.45) is 4.99 Å². The van der Waals surface area contributed by atoms with E-state index in [-0.39, 0.29) is 5.82 Å². The quantitative estimate of drug-likeness (QED) is 0.494. The zero-order valence-electron chi connectivity index (χ0n) is 14.1. The highest BCUT2D eigenvalue weighted by atomic mass is 19.1. The number of anilines is 1. The molecule has 1 heterocycles. The van der Waals surface area contributed by atoms with E-state index in [2.05, 4.69) is 27.0 Å². The van der Waals surface area contributed by atoms with E-state index in [1.54, 1.807) is 6.07 Å². The van der Waals surface area contributed by atoms with Crippen molar-refractivity contribution in [2.75, 3.05) is 57.4 Å². The van der Waals surface area contributed by atoms with Gasteiger partial charge in [0, 0.05) is 39.3 Å². The number of hydrogen-bond donors (Lipinski definition) is 1. The lowest BCUT2D eigenvalue weighted by molar-refractivity contribution is 0.155. The van der Waals surface area contributed by atoms with Crippen LogP contribution in [0.4, 0.5) is 10.1 Å². The first-order valence-corrected chi connectivity index (χ1v) is 8.36. The van der Waals surface area contributed by atoms with Crippen LogP contribution in [0.15, 0.2) is 29.3 Å². The summed E-state index contributed by atoms with van der Waals surface area (Å²) in [5.41, 5.74) is 0.686. The summed E-state index contributed by atoms with van der Waals surface area (Å²) < 4.78 is 19.2. The van der Waals surface area contributed by atoms with E-state index < -0.39 is 0 Å². The summed E-state index contributed by atoms with van der Waals surface area (Å²) in [5.74, 6) is 0.763. The van der Waals surface area contributed by atoms with E-state index in [1.165, 1.54) is 6.07 Å². The zero-order chi connectivity index (χ0) is 16.5. The second kappa shape index (κ2) is 9.35. The monoisotopic (exact) mass is 322 g/mol. The summed E-state index contributed by atoms with van der Waals surface area (Å²) in [4.78, 5) is 8.93. The van der Waals surface area contributed by atoms with Gasteiger partial charge in [-0.25, -0.2) is 4.39 Å². The van der Waals surface area contributed by atoms with Gasteiger partial charge in [0.05, 0.1) is 18.8 Å². The lowest BCUT2D eigenvalue weighted by atomic mass is 10.2. The predicted octanol–water partition coefficient (Wildman–Crippen LogP) is 1.95. The molecule has 2 rings (SSSR count). The minimum atomic E-state index is -0.154. The van der Waals surface area contributed by atoms with E-state index in [0.717, 1.165) is 38.7 Å². The Balaban J connectivity index is 1.91. The van der Waals surface area contributed by atoms with Crippen LogP contribution in [0.25, 0.3) is 0 Å². The average molecular weight is 322 g/mol. The van der Waals surface area contributed by atoms with Crippen molar-refractivity contribution in [3.8, 4) is 0 Å². The van der Waals surface area contributed by atoms with Crippen LogP contribution in [-0.4, -0.2) is 63.3 Å². The van der Waals surface area contributed by atoms with Gasteiger partial charge in [-0.05, 0) is 26.0 Å². The number of rotatable bonds is 6. The number of benzene rings is 1. The van der Waals surface area contributed by atoms with E-state index >= 15 is 0 Å². The van der Waals surface area contributed by atoms with Gasteiger partial charge in [0.1, 0.15) is 5.82 Å². The number of guanidine groups is 1. The van der Waals surface area contributed by atoms with Crippen LogP contribution in [0.1, 0.15) is 13.8 Å². The minimum Gasteiger partial charge on any atom is -0.380 e. The number of halogens is 1. The third-order valence-electron chi connectivity index (χ3n) is 3.81. The first-order chi connectivity index (χ1) is 11.3. The first-order valence-electron chi connectivity index (χ1n) is 8.36. The van der Waals surface area contributed by atoms with Crippen molar-refractivity contribution in [3.63, 3.8) is 0 Å². The smallest absolute Gasteiger partial charge is 0.194 e. The summed E-state index contributed by atoms with van der Waals surface area (Å²) in [6.45, 7) is 10.1. The van der Waals surface area contributed by atoms with Crippen molar-refractivity contribution >= 4 is 11.6 Å². The second-order valence-electron chi connectivity index (χ2n) is 5.36. The molecule has 0 saturated carbocycles. The Bertz CT molecular complexity index is 501. The van der Waals surface area contributed by atoms with Gasteiger partial charge < -0.3 is 19.9 Å². The van der Waals surface area contributed by atoms with Crippen LogP contribution in [0.5, 0.6) is 0 Å². The summed E-state index contributed by atoms with van der Waals surface area (Å²) in [6.07, 6.45) is 0. The molecule has 23 heavy (non-hydrogen) atoms. The van der Waals surface area contributed by atoms with Crippen LogP contribution >= 0.6 is 0 Å². The number of hydrogen-bond acceptors (Lipinski definition) is 3. The maximum Gasteiger partial charge on any atom is 0.194 e. The van der Waals surface area contributed by atoms with Gasteiger partial charge in [0.2, 0.25) is 0 Å². The van der Waals surface area contributed by atoms with Crippen molar-refractivity contribution in [3.05, 3.63) is 30.1 Å². The van der Waals surface area contributed by atoms with Crippen LogP contribution in [0, 0.1) is 5.82 Å². The topological polar surface area (TPSA) is 40.1 Å². The Morgan fingerprint density at radius 1 is 1.22 bits per heavy atom. The van der Waals surface area contributed by atoms with Crippen LogP contribution < -0.4 is 10.2 Å². The van der Waals surface area contributed by atoms with Crippen molar-refractivity contribution < 1.29 is 9.13 Å². The normalized spacial score (nSPS) is 15.9. The predicted molar refractivity (Wildman–Crippen MR) is 92.7 cm³/mol. The summed E-state index contributed by atoms with van der Waals surface area (Å²) in [5, 5.41) is 3.32. The number of nitrogens with zero attached hydrogens (tertiary/aromatic N) is 3. The molecule has 0 amide bonds. The van der Waals surface area contributed by atoms with E-state index in [9.17, 15) is 4.39 Å². The van der Waals surface area contributed by atoms with Crippen LogP contribution in [-0.2, 0) is 4.74 Å². The molecule has 0 spiro atoms. The van der Waals surface area contributed by atoms with Gasteiger partial charge in [-0.3, -0.25) is 4.99 Å². The molecule has 0 radical (unpaired) electrons. The average Bonchev–Trinajstić information content (AvgIpc) is 2.58. The third kappa shape index (κ3) is 5.10. The molecule has 128 valence electrons. The van der Waals surface area contributed by atoms with E-state index in [0.29, 0.717) is 25.4 Å². The molecule has 1 fully saturated rings. The molecular formula is C17H27FN4O. The maximum absolute atomic E-state index is 13.9. The SMILES string of the molecule is CCNC(=NCCOCC)N1CCN(c2ccccc2F)CC1. The highest BCUT2D eigenvalue weighted by Crippen LogP contribution is 2.20. The van der Waals surface area contributed by atoms with Gasteiger partial charge in [-0.1, -0.05) is 12.1 Å². The molecular weight excluding hydrogens is 295 g/mol. The van der Waals surface area contributed by atoms with Gasteiger partial charge in [-0.15, -0.1) is 0 Å². The van der Waals surface area contributed by atoms with Gasteiger partial charge in [0.15, 0.2) is 5.96 Å². The van der Waals surface area contributed by atoms with Crippen molar-refractivity contribution in [1.82, 2.24) is 10.2 Å². The summed E-state index contributed by atoms with van der Waals surface area (Å²) >= 11 is 0. The molecule has 5 nitrogen and oxygen atoms in total. The fraction of sp³-hybridized carbons (Fsp3) is 0.588. The highest BCUT2D eigenvalue weighted by Gasteiger charge is 2.21. The molecule has 1 aromatic rings. The molecule has 0 atom stereocenters. The zero-order valence-corrected chi connectivity index (χ0v) is 14.1. The van der Waals surface area contributed by atoms with Crippen LogP contribution in [0.2, 0.25) is 0 Å². The van der Waals surface area contributed by atoms with Gasteiger partial charge in [-0.2, -0.15) is 0 Å². The fourth-order valence-electron chi connectivity index (χ4n) is 2.65. The molecule has 0 bridgehead atoms. The first kappa shape index (κ1) is 17.5. The third-order valence-corrected chi connectivity index (χ3v) is 3.81. The summed E-state index contributed by atoms with van der Waals surface area (Å²) in [7, 11) is 0. The Morgan fingerprint density at radius 2 is 1.96 bits per heavy atom. The molecule has 1 aliphatic rings. The molecule has 0 aliphatic carbocycles. The number of piperazine rings is 1. The van der Waals surface area contributed by atoms with Gasteiger partial charge >= 0.3 is 0 Å². The Morgan fingerprint density at radius 3 is 2.61 bits per heavy atom. The van der Waals surface area contributed by atoms with Crippen molar-refractivity contribution in [2.45, 2.75) is 13.8 Å². The Kier molecular flexibility index (Phi) is 7.13. The lowest BCUT2D eigenvalue weighted by Gasteiger charge is -2.37. The molecule has 1 N–H and O–H groups in total. The molecule has 1 aromatic carbocycles. The molecule has 1 aliphatic heterocycles. The highest BCUT2D eigenvalue weighted by molar-refractivity contribution is 5.80. The Hall–Kier alpha value is -1.82. The largest absolute Gasteiger partial charge is 0.380 e. The molecule has 1 saturated heterocycles. The van der Waals surface area contributed by atoms with Crippen molar-refractivity contribution in [1.29, 1.82) is 0 Å².